The van der Waals surface area contributed by atoms with Gasteiger partial charge in [-0.15, -0.1) is 0 Å². The molecule has 0 saturated carbocycles. The monoisotopic (exact) mass is 334 g/mol. The summed E-state index contributed by atoms with van der Waals surface area (Å²) in [4.78, 5) is 15.0. The number of aryl methyl sites for hydroxylation is 1. The van der Waals surface area contributed by atoms with Crippen molar-refractivity contribution in [3.05, 3.63) is 65.9 Å². The maximum atomic E-state index is 13.2. The quantitative estimate of drug-likeness (QED) is 0.781. The lowest BCUT2D eigenvalue weighted by Gasteiger charge is -2.22. The van der Waals surface area contributed by atoms with Crippen molar-refractivity contribution in [3.63, 3.8) is 0 Å². The lowest BCUT2D eigenvalue weighted by Crippen LogP contribution is -2.29. The average Bonchev–Trinajstić information content (AvgIpc) is 2.90. The molecule has 0 spiro atoms. The minimum atomic E-state index is -0.0788. The molecule has 0 unspecified atom stereocenters. The number of anilines is 3. The number of fused-ring (bicyclic) bond motifs is 2. The zero-order valence-corrected chi connectivity index (χ0v) is 14.1. The molecule has 0 saturated heterocycles. The van der Waals surface area contributed by atoms with Crippen LogP contribution in [0.3, 0.4) is 0 Å². The van der Waals surface area contributed by atoms with E-state index in [0.717, 1.165) is 22.8 Å². The van der Waals surface area contributed by atoms with E-state index in [9.17, 15) is 4.79 Å². The van der Waals surface area contributed by atoms with Crippen LogP contribution in [-0.2, 0) is 13.6 Å². The first kappa shape index (κ1) is 15.3. The van der Waals surface area contributed by atoms with Crippen molar-refractivity contribution in [1.82, 2.24) is 9.78 Å². The van der Waals surface area contributed by atoms with Crippen LogP contribution in [0.25, 0.3) is 0 Å². The standard InChI is InChI=1S/C19H18N4O2/c1-22-18-14(11-20-22)12-23(17-9-4-3-8-16(17)21-18)19(24)13-6-5-7-15(10-13)25-2/h3-11,21H,12H2,1-2H3. The van der Waals surface area contributed by atoms with Crippen LogP contribution in [0.1, 0.15) is 15.9 Å². The Morgan fingerprint density at radius 1 is 1.20 bits per heavy atom. The molecule has 25 heavy (non-hydrogen) atoms. The second-order valence-corrected chi connectivity index (χ2v) is 5.91. The summed E-state index contributed by atoms with van der Waals surface area (Å²) in [5.74, 6) is 1.48. The van der Waals surface area contributed by atoms with Crippen molar-refractivity contribution in [2.75, 3.05) is 17.3 Å². The molecule has 0 fully saturated rings. The van der Waals surface area contributed by atoms with E-state index >= 15 is 0 Å². The topological polar surface area (TPSA) is 59.4 Å². The molecule has 6 heteroatoms. The first-order valence-electron chi connectivity index (χ1n) is 8.00. The molecule has 6 nitrogen and oxygen atoms in total. The minimum Gasteiger partial charge on any atom is -0.497 e. The molecule has 0 atom stereocenters. The Morgan fingerprint density at radius 3 is 2.88 bits per heavy atom. The SMILES string of the molecule is COc1cccc(C(=O)N2Cc3cnn(C)c3Nc3ccccc32)c1. The molecule has 2 heterocycles. The number of nitrogens with zero attached hydrogens (tertiary/aromatic N) is 3. The van der Waals surface area contributed by atoms with Crippen molar-refractivity contribution >= 4 is 23.1 Å². The molecule has 1 aliphatic rings. The van der Waals surface area contributed by atoms with E-state index in [1.807, 2.05) is 43.4 Å². The molecular weight excluding hydrogens is 316 g/mol. The van der Waals surface area contributed by atoms with E-state index in [1.165, 1.54) is 0 Å². The van der Waals surface area contributed by atoms with Crippen LogP contribution in [-0.4, -0.2) is 22.8 Å². The lowest BCUT2D eigenvalue weighted by molar-refractivity contribution is 0.0985. The Labute approximate surface area is 145 Å². The van der Waals surface area contributed by atoms with Gasteiger partial charge in [0.1, 0.15) is 11.6 Å². The fraction of sp³-hybridized carbons (Fsp3) is 0.158. The number of para-hydroxylation sites is 2. The number of hydrogen-bond acceptors (Lipinski definition) is 4. The molecule has 0 aliphatic carbocycles. The first-order chi connectivity index (χ1) is 12.2. The highest BCUT2D eigenvalue weighted by Gasteiger charge is 2.26. The van der Waals surface area contributed by atoms with Gasteiger partial charge in [-0.1, -0.05) is 18.2 Å². The second-order valence-electron chi connectivity index (χ2n) is 5.91. The van der Waals surface area contributed by atoms with Gasteiger partial charge in [0.15, 0.2) is 0 Å². The molecule has 4 rings (SSSR count). The molecule has 1 aromatic heterocycles. The number of carbonyl (C=O) groups is 1. The van der Waals surface area contributed by atoms with Gasteiger partial charge in [0, 0.05) is 18.2 Å². The van der Waals surface area contributed by atoms with Crippen molar-refractivity contribution in [1.29, 1.82) is 0 Å². The lowest BCUT2D eigenvalue weighted by atomic mass is 10.1. The van der Waals surface area contributed by atoms with Crippen molar-refractivity contribution in [2.24, 2.45) is 7.05 Å². The molecule has 2 aromatic carbocycles. The fourth-order valence-electron chi connectivity index (χ4n) is 3.05. The van der Waals surface area contributed by atoms with Gasteiger partial charge in [-0.3, -0.25) is 9.48 Å². The highest BCUT2D eigenvalue weighted by molar-refractivity contribution is 6.08. The Hall–Kier alpha value is -3.28. The second kappa shape index (κ2) is 5.98. The van der Waals surface area contributed by atoms with Gasteiger partial charge in [0.05, 0.1) is 31.2 Å². The number of carbonyl (C=O) groups excluding carboxylic acids is 1. The Kier molecular flexibility index (Phi) is 3.65. The van der Waals surface area contributed by atoms with Crippen LogP contribution in [0.2, 0.25) is 0 Å². The molecule has 1 amide bonds. The van der Waals surface area contributed by atoms with Crippen molar-refractivity contribution < 1.29 is 9.53 Å². The predicted molar refractivity (Wildman–Crippen MR) is 96.4 cm³/mol. The zero-order valence-electron chi connectivity index (χ0n) is 14.1. The van der Waals surface area contributed by atoms with E-state index in [2.05, 4.69) is 10.4 Å². The van der Waals surface area contributed by atoms with Gasteiger partial charge in [0.2, 0.25) is 0 Å². The van der Waals surface area contributed by atoms with Crippen LogP contribution in [0.4, 0.5) is 17.2 Å². The predicted octanol–water partition coefficient (Wildman–Crippen LogP) is 3.33. The molecule has 1 aliphatic heterocycles. The third kappa shape index (κ3) is 2.61. The number of aromatic nitrogens is 2. The van der Waals surface area contributed by atoms with E-state index in [-0.39, 0.29) is 5.91 Å². The molecular formula is C19H18N4O2. The normalized spacial score (nSPS) is 12.6. The summed E-state index contributed by atoms with van der Waals surface area (Å²) in [6.07, 6.45) is 1.79. The largest absolute Gasteiger partial charge is 0.497 e. The molecule has 3 aromatic rings. The van der Waals surface area contributed by atoms with Gasteiger partial charge in [-0.05, 0) is 30.3 Å². The summed E-state index contributed by atoms with van der Waals surface area (Å²) in [6, 6.07) is 15.0. The summed E-state index contributed by atoms with van der Waals surface area (Å²) in [5, 5.41) is 7.69. The summed E-state index contributed by atoms with van der Waals surface area (Å²) in [5.41, 5.74) is 3.27. The van der Waals surface area contributed by atoms with Gasteiger partial charge in [-0.25, -0.2) is 0 Å². The van der Waals surface area contributed by atoms with Crippen molar-refractivity contribution in [2.45, 2.75) is 6.54 Å². The third-order valence-electron chi connectivity index (χ3n) is 4.35. The minimum absolute atomic E-state index is 0.0788. The Bertz CT molecular complexity index is 948. The smallest absolute Gasteiger partial charge is 0.258 e. The highest BCUT2D eigenvalue weighted by Crippen LogP contribution is 2.36. The van der Waals surface area contributed by atoms with Crippen LogP contribution >= 0.6 is 0 Å². The van der Waals surface area contributed by atoms with E-state index < -0.39 is 0 Å². The van der Waals surface area contributed by atoms with Gasteiger partial charge >= 0.3 is 0 Å². The maximum absolute atomic E-state index is 13.2. The first-order valence-corrected chi connectivity index (χ1v) is 8.00. The maximum Gasteiger partial charge on any atom is 0.258 e. The number of hydrogen-bond donors (Lipinski definition) is 1. The summed E-state index contributed by atoms with van der Waals surface area (Å²) >= 11 is 0. The Morgan fingerprint density at radius 2 is 2.04 bits per heavy atom. The van der Waals surface area contributed by atoms with Gasteiger partial charge in [0.25, 0.3) is 5.91 Å². The van der Waals surface area contributed by atoms with E-state index in [0.29, 0.717) is 17.9 Å². The number of amides is 1. The fourth-order valence-corrected chi connectivity index (χ4v) is 3.05. The van der Waals surface area contributed by atoms with Crippen LogP contribution < -0.4 is 15.0 Å². The van der Waals surface area contributed by atoms with Gasteiger partial charge < -0.3 is 15.0 Å². The third-order valence-corrected chi connectivity index (χ3v) is 4.35. The van der Waals surface area contributed by atoms with Gasteiger partial charge in [-0.2, -0.15) is 5.10 Å². The average molecular weight is 334 g/mol. The van der Waals surface area contributed by atoms with Crippen molar-refractivity contribution in [3.8, 4) is 5.75 Å². The number of nitrogens with one attached hydrogen (secondary N) is 1. The van der Waals surface area contributed by atoms with Crippen LogP contribution in [0, 0.1) is 0 Å². The van der Waals surface area contributed by atoms with Crippen LogP contribution in [0.5, 0.6) is 5.75 Å². The molecule has 0 bridgehead atoms. The Balaban J connectivity index is 1.81. The summed E-state index contributed by atoms with van der Waals surface area (Å²) < 4.78 is 7.03. The van der Waals surface area contributed by atoms with E-state index in [1.54, 1.807) is 35.0 Å². The number of methoxy groups -OCH3 is 1. The number of benzene rings is 2. The highest BCUT2D eigenvalue weighted by atomic mass is 16.5. The zero-order chi connectivity index (χ0) is 17.4. The molecule has 126 valence electrons. The molecule has 1 N–H and O–H groups in total. The number of rotatable bonds is 2. The summed E-state index contributed by atoms with van der Waals surface area (Å²) in [6.45, 7) is 0.448. The summed E-state index contributed by atoms with van der Waals surface area (Å²) in [7, 11) is 3.48. The van der Waals surface area contributed by atoms with Crippen LogP contribution in [0.15, 0.2) is 54.7 Å². The number of ether oxygens (including phenoxy) is 1. The van der Waals surface area contributed by atoms with E-state index in [4.69, 9.17) is 4.74 Å². The molecule has 0 radical (unpaired) electrons.